The second kappa shape index (κ2) is 7.61. The van der Waals surface area contributed by atoms with Crippen LogP contribution in [0.3, 0.4) is 0 Å². The smallest absolute Gasteiger partial charge is 0.339 e. The largest absolute Gasteiger partial charge is 0.465 e. The Hall–Kier alpha value is -1.59. The van der Waals surface area contributed by atoms with E-state index in [4.69, 9.17) is 9.47 Å². The Kier molecular flexibility index (Phi) is 5.80. The molecule has 122 valence electrons. The summed E-state index contributed by atoms with van der Waals surface area (Å²) in [5.41, 5.74) is 2.58. The lowest BCUT2D eigenvalue weighted by Crippen LogP contribution is -2.38. The number of benzene rings is 1. The molecule has 0 amide bonds. The summed E-state index contributed by atoms with van der Waals surface area (Å²) in [6, 6.07) is 6.37. The van der Waals surface area contributed by atoms with E-state index in [0.717, 1.165) is 37.2 Å². The highest BCUT2D eigenvalue weighted by atomic mass is 16.5. The molecule has 1 heterocycles. The van der Waals surface area contributed by atoms with Crippen molar-refractivity contribution in [2.75, 3.05) is 46.3 Å². The van der Waals surface area contributed by atoms with E-state index in [1.165, 1.54) is 7.11 Å². The molecule has 1 aliphatic rings. The van der Waals surface area contributed by atoms with Gasteiger partial charge in [0.15, 0.2) is 0 Å². The van der Waals surface area contributed by atoms with Crippen LogP contribution in [0.15, 0.2) is 18.2 Å². The van der Waals surface area contributed by atoms with Crippen molar-refractivity contribution in [3.63, 3.8) is 0 Å². The summed E-state index contributed by atoms with van der Waals surface area (Å²) in [5, 5.41) is 0. The Balaban J connectivity index is 2.34. The summed E-state index contributed by atoms with van der Waals surface area (Å²) >= 11 is 0. The molecule has 0 spiro atoms. The SMILES string of the molecule is COCc1ccc(N2CCCC2CN(C)C)c(C(=O)OC)c1. The average Bonchev–Trinajstić information content (AvgIpc) is 2.94. The van der Waals surface area contributed by atoms with Crippen LogP contribution < -0.4 is 4.90 Å². The lowest BCUT2D eigenvalue weighted by atomic mass is 10.1. The minimum absolute atomic E-state index is 0.288. The molecule has 5 nitrogen and oxygen atoms in total. The van der Waals surface area contributed by atoms with Gasteiger partial charge in [0.1, 0.15) is 0 Å². The highest BCUT2D eigenvalue weighted by molar-refractivity contribution is 5.96. The minimum Gasteiger partial charge on any atom is -0.465 e. The Morgan fingerprint density at radius 3 is 2.77 bits per heavy atom. The molecule has 1 saturated heterocycles. The van der Waals surface area contributed by atoms with Crippen LogP contribution in [0.25, 0.3) is 0 Å². The number of hydrogen-bond donors (Lipinski definition) is 0. The lowest BCUT2D eigenvalue weighted by Gasteiger charge is -2.30. The molecule has 0 N–H and O–H groups in total. The third kappa shape index (κ3) is 3.78. The Morgan fingerprint density at radius 1 is 1.36 bits per heavy atom. The summed E-state index contributed by atoms with van der Waals surface area (Å²) in [7, 11) is 7.24. The van der Waals surface area contributed by atoms with Crippen molar-refractivity contribution in [2.24, 2.45) is 0 Å². The van der Waals surface area contributed by atoms with Gasteiger partial charge in [-0.1, -0.05) is 6.07 Å². The zero-order valence-electron chi connectivity index (χ0n) is 14.0. The zero-order chi connectivity index (χ0) is 16.1. The van der Waals surface area contributed by atoms with Crippen molar-refractivity contribution in [3.8, 4) is 0 Å². The number of carbonyl (C=O) groups excluding carboxylic acids is 1. The molecule has 1 atom stereocenters. The van der Waals surface area contributed by atoms with Crippen molar-refractivity contribution < 1.29 is 14.3 Å². The number of esters is 1. The maximum absolute atomic E-state index is 12.2. The maximum Gasteiger partial charge on any atom is 0.339 e. The maximum atomic E-state index is 12.2. The molecule has 5 heteroatoms. The second-order valence-corrected chi connectivity index (χ2v) is 6.03. The molecule has 0 radical (unpaired) electrons. The highest BCUT2D eigenvalue weighted by Gasteiger charge is 2.28. The Labute approximate surface area is 132 Å². The second-order valence-electron chi connectivity index (χ2n) is 6.03. The van der Waals surface area contributed by atoms with E-state index in [0.29, 0.717) is 18.2 Å². The van der Waals surface area contributed by atoms with Crippen LogP contribution in [0.4, 0.5) is 5.69 Å². The van der Waals surface area contributed by atoms with Crippen LogP contribution in [0.1, 0.15) is 28.8 Å². The quantitative estimate of drug-likeness (QED) is 0.753. The first-order valence-electron chi connectivity index (χ1n) is 7.68. The van der Waals surface area contributed by atoms with Crippen molar-refractivity contribution in [3.05, 3.63) is 29.3 Å². The van der Waals surface area contributed by atoms with Gasteiger partial charge in [-0.25, -0.2) is 4.79 Å². The summed E-state index contributed by atoms with van der Waals surface area (Å²) in [5.74, 6) is -0.288. The molecular weight excluding hydrogens is 280 g/mol. The van der Waals surface area contributed by atoms with Crippen LogP contribution >= 0.6 is 0 Å². The number of anilines is 1. The van der Waals surface area contributed by atoms with E-state index in [-0.39, 0.29) is 5.97 Å². The van der Waals surface area contributed by atoms with Gasteiger partial charge in [-0.3, -0.25) is 0 Å². The third-order valence-corrected chi connectivity index (χ3v) is 4.04. The van der Waals surface area contributed by atoms with Crippen molar-refractivity contribution in [2.45, 2.75) is 25.5 Å². The molecule has 0 saturated carbocycles. The van der Waals surface area contributed by atoms with Crippen LogP contribution in [0, 0.1) is 0 Å². The predicted octanol–water partition coefficient (Wildman–Crippen LogP) is 2.15. The number of nitrogens with zero attached hydrogens (tertiary/aromatic N) is 2. The molecule has 1 unspecified atom stereocenters. The molecular formula is C17H26N2O3. The molecule has 0 aromatic heterocycles. The topological polar surface area (TPSA) is 42.0 Å². The highest BCUT2D eigenvalue weighted by Crippen LogP contribution is 2.30. The number of ether oxygens (including phenoxy) is 2. The van der Waals surface area contributed by atoms with Gasteiger partial charge >= 0.3 is 5.97 Å². The van der Waals surface area contributed by atoms with Gasteiger partial charge < -0.3 is 19.3 Å². The molecule has 1 aliphatic heterocycles. The Morgan fingerprint density at radius 2 is 2.14 bits per heavy atom. The normalized spacial score (nSPS) is 18.0. The lowest BCUT2D eigenvalue weighted by molar-refractivity contribution is 0.0601. The van der Waals surface area contributed by atoms with Crippen molar-refractivity contribution >= 4 is 11.7 Å². The first kappa shape index (κ1) is 16.8. The summed E-state index contributed by atoms with van der Waals surface area (Å²) < 4.78 is 10.1. The number of hydrogen-bond acceptors (Lipinski definition) is 5. The third-order valence-electron chi connectivity index (χ3n) is 4.04. The molecule has 22 heavy (non-hydrogen) atoms. The van der Waals surface area contributed by atoms with Gasteiger partial charge in [0.2, 0.25) is 0 Å². The van der Waals surface area contributed by atoms with Crippen molar-refractivity contribution in [1.82, 2.24) is 4.90 Å². The Bertz CT molecular complexity index is 517. The molecule has 1 fully saturated rings. The van der Waals surface area contributed by atoms with Gasteiger partial charge in [-0.05, 0) is 44.6 Å². The fourth-order valence-corrected chi connectivity index (χ4v) is 3.13. The minimum atomic E-state index is -0.288. The monoisotopic (exact) mass is 306 g/mol. The molecule has 1 aromatic rings. The first-order chi connectivity index (χ1) is 10.6. The molecule has 0 aliphatic carbocycles. The molecule has 0 bridgehead atoms. The summed E-state index contributed by atoms with van der Waals surface area (Å²) in [4.78, 5) is 16.7. The molecule has 1 aromatic carbocycles. The zero-order valence-corrected chi connectivity index (χ0v) is 14.0. The van der Waals surface area contributed by atoms with Crippen molar-refractivity contribution in [1.29, 1.82) is 0 Å². The standard InChI is InChI=1S/C17H26N2O3/c1-18(2)11-14-6-5-9-19(14)16-8-7-13(12-21-3)10-15(16)17(20)22-4/h7-8,10,14H,5-6,9,11-12H2,1-4H3. The first-order valence-corrected chi connectivity index (χ1v) is 7.68. The van der Waals surface area contributed by atoms with E-state index < -0.39 is 0 Å². The van der Waals surface area contributed by atoms with Crippen LogP contribution in [0.5, 0.6) is 0 Å². The van der Waals surface area contributed by atoms with Gasteiger partial charge in [0.05, 0.1) is 25.0 Å². The predicted molar refractivity (Wildman–Crippen MR) is 87.4 cm³/mol. The van der Waals surface area contributed by atoms with Gasteiger partial charge in [-0.2, -0.15) is 0 Å². The number of rotatable bonds is 6. The number of carbonyl (C=O) groups is 1. The molecule has 2 rings (SSSR count). The van der Waals surface area contributed by atoms with E-state index in [1.54, 1.807) is 7.11 Å². The number of likely N-dealkylation sites (N-methyl/N-ethyl adjacent to an activating group) is 1. The van der Waals surface area contributed by atoms with Crippen LogP contribution in [-0.4, -0.2) is 58.3 Å². The van der Waals surface area contributed by atoms with Crippen LogP contribution in [-0.2, 0) is 16.1 Å². The van der Waals surface area contributed by atoms with E-state index in [9.17, 15) is 4.79 Å². The summed E-state index contributed by atoms with van der Waals surface area (Å²) in [6.07, 6.45) is 2.30. The van der Waals surface area contributed by atoms with E-state index in [2.05, 4.69) is 23.9 Å². The van der Waals surface area contributed by atoms with Crippen LogP contribution in [0.2, 0.25) is 0 Å². The van der Waals surface area contributed by atoms with Gasteiger partial charge in [-0.15, -0.1) is 0 Å². The van der Waals surface area contributed by atoms with Gasteiger partial charge in [0, 0.05) is 26.2 Å². The average molecular weight is 306 g/mol. The fraction of sp³-hybridized carbons (Fsp3) is 0.588. The van der Waals surface area contributed by atoms with E-state index in [1.807, 2.05) is 18.2 Å². The number of methoxy groups -OCH3 is 2. The fourth-order valence-electron chi connectivity index (χ4n) is 3.13. The van der Waals surface area contributed by atoms with Gasteiger partial charge in [0.25, 0.3) is 0 Å². The van der Waals surface area contributed by atoms with E-state index >= 15 is 0 Å². The summed E-state index contributed by atoms with van der Waals surface area (Å²) in [6.45, 7) is 2.46.